The van der Waals surface area contributed by atoms with Crippen molar-refractivity contribution < 1.29 is 0 Å². The lowest BCUT2D eigenvalue weighted by molar-refractivity contribution is 0.967. The number of nitrogens with one attached hydrogen (secondary N) is 2. The van der Waals surface area contributed by atoms with Gasteiger partial charge in [-0.1, -0.05) is 23.2 Å². The Morgan fingerprint density at radius 2 is 2.19 bits per heavy atom. The van der Waals surface area contributed by atoms with Crippen molar-refractivity contribution in [1.29, 1.82) is 0 Å². The number of nitrogens with zero attached hydrogens (tertiary/aromatic N) is 3. The topological polar surface area (TPSA) is 92.5 Å². The summed E-state index contributed by atoms with van der Waals surface area (Å²) in [6.45, 7) is 0. The highest BCUT2D eigenvalue weighted by Gasteiger charge is 2.11. The summed E-state index contributed by atoms with van der Waals surface area (Å²) in [6.07, 6.45) is 1.40. The van der Waals surface area contributed by atoms with Crippen LogP contribution in [0.1, 0.15) is 0 Å². The van der Waals surface area contributed by atoms with Crippen LogP contribution >= 0.6 is 35.0 Å². The number of halogens is 2. The van der Waals surface area contributed by atoms with Crippen molar-refractivity contribution in [2.75, 3.05) is 5.43 Å². The Bertz CT molecular complexity index is 488. The summed E-state index contributed by atoms with van der Waals surface area (Å²) in [6, 6.07) is 1.56. The van der Waals surface area contributed by atoms with E-state index < -0.39 is 0 Å². The van der Waals surface area contributed by atoms with Gasteiger partial charge in [0.25, 0.3) is 0 Å². The lowest BCUT2D eigenvalue weighted by atomic mass is 10.4. The molecule has 0 aliphatic carbocycles. The number of nitrogen functional groups attached to an aromatic ring is 1. The first-order chi connectivity index (χ1) is 7.70. The van der Waals surface area contributed by atoms with Crippen LogP contribution in [-0.2, 0) is 0 Å². The Hall–Kier alpha value is -1.02. The van der Waals surface area contributed by atoms with Gasteiger partial charge in [-0.25, -0.2) is 15.8 Å². The maximum Gasteiger partial charge on any atom is 0.189 e. The molecule has 2 aromatic rings. The summed E-state index contributed by atoms with van der Waals surface area (Å²) in [7, 11) is 0. The first kappa shape index (κ1) is 11.5. The van der Waals surface area contributed by atoms with Crippen LogP contribution in [-0.4, -0.2) is 20.2 Å². The summed E-state index contributed by atoms with van der Waals surface area (Å²) in [4.78, 5) is 8.08. The first-order valence-corrected chi connectivity index (χ1v) is 5.64. The second kappa shape index (κ2) is 4.88. The van der Waals surface area contributed by atoms with Gasteiger partial charge >= 0.3 is 0 Å². The number of anilines is 1. The quantitative estimate of drug-likeness (QED) is 0.586. The maximum absolute atomic E-state index is 5.98. The number of rotatable bonds is 3. The van der Waals surface area contributed by atoms with Crippen LogP contribution in [0, 0.1) is 0 Å². The summed E-state index contributed by atoms with van der Waals surface area (Å²) < 4.78 is 0. The normalized spacial score (nSPS) is 10.4. The van der Waals surface area contributed by atoms with E-state index in [4.69, 9.17) is 29.0 Å². The van der Waals surface area contributed by atoms with E-state index in [0.29, 0.717) is 26.0 Å². The van der Waals surface area contributed by atoms with Crippen LogP contribution in [0.2, 0.25) is 10.0 Å². The molecule has 0 fully saturated rings. The van der Waals surface area contributed by atoms with Gasteiger partial charge in [0.05, 0.1) is 10.0 Å². The average molecular weight is 277 g/mol. The van der Waals surface area contributed by atoms with Gasteiger partial charge in [-0.15, -0.1) is 0 Å². The Morgan fingerprint density at radius 1 is 1.38 bits per heavy atom. The molecule has 84 valence electrons. The molecule has 2 heterocycles. The van der Waals surface area contributed by atoms with Gasteiger partial charge in [-0.05, 0) is 17.8 Å². The van der Waals surface area contributed by atoms with Crippen LogP contribution in [0.25, 0.3) is 0 Å². The summed E-state index contributed by atoms with van der Waals surface area (Å²) >= 11 is 13.1. The monoisotopic (exact) mass is 276 g/mol. The van der Waals surface area contributed by atoms with Gasteiger partial charge in [-0.2, -0.15) is 5.10 Å². The molecule has 4 N–H and O–H groups in total. The predicted molar refractivity (Wildman–Crippen MR) is 62.6 cm³/mol. The minimum atomic E-state index is 0.355. The van der Waals surface area contributed by atoms with Gasteiger partial charge in [0.15, 0.2) is 11.0 Å². The highest BCUT2D eigenvalue weighted by atomic mass is 35.5. The van der Waals surface area contributed by atoms with E-state index in [1.807, 2.05) is 0 Å². The van der Waals surface area contributed by atoms with Gasteiger partial charge in [0.2, 0.25) is 0 Å². The zero-order chi connectivity index (χ0) is 11.5. The molecule has 0 radical (unpaired) electrons. The van der Waals surface area contributed by atoms with Crippen molar-refractivity contribution in [2.45, 2.75) is 10.2 Å². The van der Waals surface area contributed by atoms with Crippen molar-refractivity contribution in [2.24, 2.45) is 5.84 Å². The fourth-order valence-electron chi connectivity index (χ4n) is 0.958. The van der Waals surface area contributed by atoms with E-state index in [1.54, 1.807) is 6.07 Å². The van der Waals surface area contributed by atoms with E-state index in [9.17, 15) is 0 Å². The van der Waals surface area contributed by atoms with Crippen LogP contribution in [0.5, 0.6) is 0 Å². The zero-order valence-electron chi connectivity index (χ0n) is 7.74. The summed E-state index contributed by atoms with van der Waals surface area (Å²) in [5.74, 6) is 5.61. The number of nitrogens with two attached hydrogens (primary N) is 1. The number of aromatic nitrogens is 4. The van der Waals surface area contributed by atoms with Crippen molar-refractivity contribution >= 4 is 40.8 Å². The Morgan fingerprint density at radius 3 is 2.81 bits per heavy atom. The van der Waals surface area contributed by atoms with Gasteiger partial charge < -0.3 is 5.43 Å². The molecule has 0 unspecified atom stereocenters. The van der Waals surface area contributed by atoms with Crippen molar-refractivity contribution in [1.82, 2.24) is 20.2 Å². The first-order valence-electron chi connectivity index (χ1n) is 4.06. The van der Waals surface area contributed by atoms with Crippen molar-refractivity contribution in [3.8, 4) is 0 Å². The molecule has 9 heteroatoms. The fraction of sp³-hybridized carbons (Fsp3) is 0. The van der Waals surface area contributed by atoms with Crippen molar-refractivity contribution in [3.63, 3.8) is 0 Å². The standard InChI is InChI=1S/C7H6Cl2N6S/c8-3-1-4(9)6(13-5(3)14-10)16-7-11-2-12-15-7/h1-2H,10H2,(H,13,14)(H,11,12,15). The van der Waals surface area contributed by atoms with E-state index in [0.717, 1.165) is 0 Å². The molecule has 0 aromatic carbocycles. The van der Waals surface area contributed by atoms with E-state index in [1.165, 1.54) is 18.1 Å². The lowest BCUT2D eigenvalue weighted by Gasteiger charge is -2.06. The van der Waals surface area contributed by atoms with Crippen LogP contribution in [0.15, 0.2) is 22.6 Å². The van der Waals surface area contributed by atoms with Crippen LogP contribution < -0.4 is 11.3 Å². The third-order valence-corrected chi connectivity index (χ3v) is 3.20. The molecule has 0 bridgehead atoms. The second-order valence-corrected chi connectivity index (χ2v) is 4.43. The largest absolute Gasteiger partial charge is 0.307 e. The molecule has 0 amide bonds. The van der Waals surface area contributed by atoms with Gasteiger partial charge in [0, 0.05) is 0 Å². The number of aromatic amines is 1. The molecule has 0 spiro atoms. The van der Waals surface area contributed by atoms with E-state index in [-0.39, 0.29) is 0 Å². The molecule has 6 nitrogen and oxygen atoms in total. The van der Waals surface area contributed by atoms with Crippen LogP contribution in [0.4, 0.5) is 5.82 Å². The number of hydrazine groups is 1. The third-order valence-electron chi connectivity index (χ3n) is 1.62. The van der Waals surface area contributed by atoms with E-state index >= 15 is 0 Å². The van der Waals surface area contributed by atoms with Gasteiger partial charge in [0.1, 0.15) is 11.4 Å². The molecule has 0 saturated carbocycles. The minimum Gasteiger partial charge on any atom is -0.307 e. The molecule has 0 aliphatic heterocycles. The Kier molecular flexibility index (Phi) is 3.49. The minimum absolute atomic E-state index is 0.355. The fourth-order valence-corrected chi connectivity index (χ4v) is 2.16. The number of hydrogen-bond acceptors (Lipinski definition) is 6. The predicted octanol–water partition coefficient (Wildman–Crippen LogP) is 1.94. The SMILES string of the molecule is NNc1nc(Sc2ncn[nH]2)c(Cl)cc1Cl. The average Bonchev–Trinajstić information content (AvgIpc) is 2.75. The molecule has 0 atom stereocenters. The zero-order valence-corrected chi connectivity index (χ0v) is 10.1. The molecule has 2 aromatic heterocycles. The highest BCUT2D eigenvalue weighted by Crippen LogP contribution is 2.33. The molecule has 16 heavy (non-hydrogen) atoms. The molecular formula is C7H6Cl2N6S. The Balaban J connectivity index is 2.33. The third kappa shape index (κ3) is 2.38. The summed E-state index contributed by atoms with van der Waals surface area (Å²) in [5, 5.41) is 8.30. The van der Waals surface area contributed by atoms with Crippen LogP contribution in [0.3, 0.4) is 0 Å². The number of H-pyrrole nitrogens is 1. The number of pyridine rings is 1. The second-order valence-electron chi connectivity index (χ2n) is 2.64. The van der Waals surface area contributed by atoms with E-state index in [2.05, 4.69) is 25.6 Å². The molecular weight excluding hydrogens is 271 g/mol. The van der Waals surface area contributed by atoms with Gasteiger partial charge in [-0.3, -0.25) is 5.10 Å². The highest BCUT2D eigenvalue weighted by molar-refractivity contribution is 7.99. The Labute approximate surface area is 105 Å². The van der Waals surface area contributed by atoms with Crippen molar-refractivity contribution in [3.05, 3.63) is 22.4 Å². The summed E-state index contributed by atoms with van der Waals surface area (Å²) in [5.41, 5.74) is 2.38. The molecule has 0 aliphatic rings. The molecule has 0 saturated heterocycles. The number of hydrogen-bond donors (Lipinski definition) is 3. The maximum atomic E-state index is 5.98. The lowest BCUT2D eigenvalue weighted by Crippen LogP contribution is -2.09. The molecule has 2 rings (SSSR count). The smallest absolute Gasteiger partial charge is 0.189 e.